The molecule has 4 rings (SSSR count). The molecule has 0 radical (unpaired) electrons. The van der Waals surface area contributed by atoms with Crippen molar-refractivity contribution < 1.29 is 46.6 Å². The molecule has 0 saturated carbocycles. The van der Waals surface area contributed by atoms with Crippen molar-refractivity contribution in [3.05, 3.63) is 125 Å². The highest BCUT2D eigenvalue weighted by Crippen LogP contribution is 2.34. The van der Waals surface area contributed by atoms with E-state index in [1.54, 1.807) is 75.4 Å². The van der Waals surface area contributed by atoms with Crippen molar-refractivity contribution in [1.29, 1.82) is 0 Å². The number of aryl methyl sites for hydroxylation is 1. The number of alkyl halides is 3. The molecule has 1 amide bonds. The summed E-state index contributed by atoms with van der Waals surface area (Å²) in [6.45, 7) is 4.64. The number of esters is 3. The first-order chi connectivity index (χ1) is 22.9. The highest BCUT2D eigenvalue weighted by molar-refractivity contribution is 6.09. The van der Waals surface area contributed by atoms with Crippen LogP contribution in [0.4, 0.5) is 18.9 Å². The minimum atomic E-state index is -4.48. The lowest BCUT2D eigenvalue weighted by atomic mass is 9.77. The van der Waals surface area contributed by atoms with Crippen LogP contribution in [0.15, 0.2) is 97.1 Å². The monoisotopic (exact) mass is 661 g/mol. The average molecular weight is 662 g/mol. The third kappa shape index (κ3) is 7.91. The Morgan fingerprint density at radius 1 is 0.708 bits per heavy atom. The molecule has 250 valence electrons. The highest BCUT2D eigenvalue weighted by atomic mass is 19.4. The minimum Gasteiger partial charge on any atom is -0.465 e. The van der Waals surface area contributed by atoms with Crippen molar-refractivity contribution >= 4 is 29.5 Å². The molecule has 4 aromatic rings. The smallest absolute Gasteiger partial charge is 0.416 e. The molecule has 0 spiro atoms. The Hall–Kier alpha value is -5.45. The molecule has 8 nitrogen and oxygen atoms in total. The van der Waals surface area contributed by atoms with E-state index >= 15 is 0 Å². The lowest BCUT2D eigenvalue weighted by Gasteiger charge is -2.29. The van der Waals surface area contributed by atoms with E-state index < -0.39 is 41.0 Å². The number of anilines is 1. The summed E-state index contributed by atoms with van der Waals surface area (Å²) in [5.74, 6) is -2.86. The maximum Gasteiger partial charge on any atom is 0.416 e. The molecule has 48 heavy (non-hydrogen) atoms. The Bertz CT molecular complexity index is 1750. The fourth-order valence-corrected chi connectivity index (χ4v) is 5.17. The van der Waals surface area contributed by atoms with E-state index in [1.807, 2.05) is 0 Å². The zero-order valence-corrected chi connectivity index (χ0v) is 26.6. The van der Waals surface area contributed by atoms with Gasteiger partial charge in [0.15, 0.2) is 5.41 Å². The van der Waals surface area contributed by atoms with Gasteiger partial charge in [-0.05, 0) is 79.4 Å². The molecule has 0 atom stereocenters. The maximum absolute atomic E-state index is 13.3. The topological polar surface area (TPSA) is 108 Å². The second-order valence-electron chi connectivity index (χ2n) is 10.7. The van der Waals surface area contributed by atoms with E-state index in [9.17, 15) is 32.3 Å². The van der Waals surface area contributed by atoms with Crippen molar-refractivity contribution in [2.45, 2.75) is 38.8 Å². The van der Waals surface area contributed by atoms with Gasteiger partial charge >= 0.3 is 24.1 Å². The number of rotatable bonds is 12. The molecule has 0 fully saturated rings. The van der Waals surface area contributed by atoms with E-state index in [2.05, 4.69) is 5.32 Å². The molecule has 0 aliphatic carbocycles. The van der Waals surface area contributed by atoms with Crippen molar-refractivity contribution in [2.24, 2.45) is 0 Å². The lowest BCUT2D eigenvalue weighted by molar-refractivity contribution is -0.166. The summed E-state index contributed by atoms with van der Waals surface area (Å²) in [4.78, 5) is 52.8. The van der Waals surface area contributed by atoms with Gasteiger partial charge in [0.05, 0.1) is 30.9 Å². The van der Waals surface area contributed by atoms with Crippen LogP contribution in [0.1, 0.15) is 57.7 Å². The second-order valence-corrected chi connectivity index (χ2v) is 10.7. The molecule has 0 heterocycles. The Labute approximate surface area is 275 Å². The number of hydrogen-bond acceptors (Lipinski definition) is 7. The predicted octanol–water partition coefficient (Wildman–Crippen LogP) is 7.54. The third-order valence-electron chi connectivity index (χ3n) is 7.63. The van der Waals surface area contributed by atoms with Gasteiger partial charge in [-0.15, -0.1) is 0 Å². The summed E-state index contributed by atoms with van der Waals surface area (Å²) < 4.78 is 55.1. The van der Waals surface area contributed by atoms with Crippen molar-refractivity contribution in [3.8, 4) is 11.1 Å². The zero-order valence-electron chi connectivity index (χ0n) is 26.6. The molecule has 0 bridgehead atoms. The SMILES string of the molecule is CCOC(=O)C(CCOC(=O)c1ccc(NC(=O)c2ccccc2-c2ccc(C(F)(F)F)cc2)c(C)c1)(C(=O)OCC)c1ccccc1. The van der Waals surface area contributed by atoms with Crippen LogP contribution in [0.25, 0.3) is 11.1 Å². The van der Waals surface area contributed by atoms with E-state index in [0.717, 1.165) is 12.1 Å². The maximum atomic E-state index is 13.3. The van der Waals surface area contributed by atoms with Crippen molar-refractivity contribution in [2.75, 3.05) is 25.1 Å². The summed E-state index contributed by atoms with van der Waals surface area (Å²) in [6, 6.07) is 23.8. The van der Waals surface area contributed by atoms with Crippen LogP contribution in [0.3, 0.4) is 0 Å². The number of carbonyl (C=O) groups is 4. The number of hydrogen-bond donors (Lipinski definition) is 1. The Kier molecular flexibility index (Phi) is 11.4. The van der Waals surface area contributed by atoms with Gasteiger partial charge in [-0.1, -0.05) is 60.7 Å². The third-order valence-corrected chi connectivity index (χ3v) is 7.63. The van der Waals surface area contributed by atoms with Gasteiger partial charge in [0.1, 0.15) is 0 Å². The Morgan fingerprint density at radius 3 is 1.90 bits per heavy atom. The van der Waals surface area contributed by atoms with E-state index in [-0.39, 0.29) is 37.4 Å². The van der Waals surface area contributed by atoms with Gasteiger partial charge in [-0.25, -0.2) is 4.79 Å². The largest absolute Gasteiger partial charge is 0.465 e. The molecule has 0 aliphatic heterocycles. The van der Waals surface area contributed by atoms with Crippen LogP contribution in [0.2, 0.25) is 0 Å². The molecule has 11 heteroatoms. The summed E-state index contributed by atoms with van der Waals surface area (Å²) in [5, 5.41) is 2.79. The number of nitrogens with one attached hydrogen (secondary N) is 1. The normalized spacial score (nSPS) is 11.4. The number of halogens is 3. The molecule has 0 aromatic heterocycles. The fraction of sp³-hybridized carbons (Fsp3) is 0.243. The Morgan fingerprint density at radius 2 is 1.31 bits per heavy atom. The molecule has 0 saturated heterocycles. The molecule has 0 aliphatic rings. The van der Waals surface area contributed by atoms with Gasteiger partial charge in [0, 0.05) is 17.7 Å². The molecular weight excluding hydrogens is 627 g/mol. The number of carbonyl (C=O) groups excluding carboxylic acids is 4. The standard InChI is InChI=1S/C37H34F3NO7/c1-4-46-34(44)36(35(45)47-5-2,27-11-7-6-8-12-27)21-22-48-33(43)26-17-20-31(24(3)23-26)41-32(42)30-14-10-9-13-29(30)25-15-18-28(19-16-25)37(38,39)40/h6-20,23H,4-5,21-22H2,1-3H3,(H,41,42). The highest BCUT2D eigenvalue weighted by Gasteiger charge is 2.50. The summed E-state index contributed by atoms with van der Waals surface area (Å²) >= 11 is 0. The van der Waals surface area contributed by atoms with Gasteiger partial charge in [-0.2, -0.15) is 13.2 Å². The number of amides is 1. The Balaban J connectivity index is 1.49. The van der Waals surface area contributed by atoms with Gasteiger partial charge in [0.25, 0.3) is 5.91 Å². The van der Waals surface area contributed by atoms with E-state index in [4.69, 9.17) is 14.2 Å². The van der Waals surface area contributed by atoms with Crippen molar-refractivity contribution in [3.63, 3.8) is 0 Å². The predicted molar refractivity (Wildman–Crippen MR) is 172 cm³/mol. The van der Waals surface area contributed by atoms with Crippen LogP contribution in [-0.2, 0) is 35.4 Å². The first-order valence-electron chi connectivity index (χ1n) is 15.2. The average Bonchev–Trinajstić information content (AvgIpc) is 3.07. The molecule has 4 aromatic carbocycles. The minimum absolute atomic E-state index is 0.0232. The van der Waals surface area contributed by atoms with Gasteiger partial charge in [0.2, 0.25) is 0 Å². The van der Waals surface area contributed by atoms with Crippen LogP contribution in [0, 0.1) is 6.92 Å². The van der Waals surface area contributed by atoms with Gasteiger partial charge < -0.3 is 19.5 Å². The second kappa shape index (κ2) is 15.4. The summed E-state index contributed by atoms with van der Waals surface area (Å²) in [5.41, 5.74) is -0.102. The number of benzene rings is 4. The molecular formula is C37H34F3NO7. The quantitative estimate of drug-likeness (QED) is 0.0950. The van der Waals surface area contributed by atoms with Crippen LogP contribution in [-0.4, -0.2) is 43.6 Å². The number of ether oxygens (including phenoxy) is 3. The first-order valence-corrected chi connectivity index (χ1v) is 15.2. The summed E-state index contributed by atoms with van der Waals surface area (Å²) in [7, 11) is 0. The van der Waals surface area contributed by atoms with E-state index in [1.165, 1.54) is 30.3 Å². The molecule has 1 N–H and O–H groups in total. The fourth-order valence-electron chi connectivity index (χ4n) is 5.17. The zero-order chi connectivity index (χ0) is 34.9. The van der Waals surface area contributed by atoms with Crippen molar-refractivity contribution in [1.82, 2.24) is 0 Å². The summed E-state index contributed by atoms with van der Waals surface area (Å²) in [6.07, 6.45) is -4.71. The van der Waals surface area contributed by atoms with Crippen LogP contribution in [0.5, 0.6) is 0 Å². The van der Waals surface area contributed by atoms with Crippen LogP contribution >= 0.6 is 0 Å². The molecule has 0 unspecified atom stereocenters. The van der Waals surface area contributed by atoms with Crippen LogP contribution < -0.4 is 5.32 Å². The van der Waals surface area contributed by atoms with E-state index in [0.29, 0.717) is 27.9 Å². The lowest BCUT2D eigenvalue weighted by Crippen LogP contribution is -2.47. The van der Waals surface area contributed by atoms with Gasteiger partial charge in [-0.3, -0.25) is 14.4 Å². The first kappa shape index (κ1) is 35.4.